The van der Waals surface area contributed by atoms with Gasteiger partial charge in [-0.25, -0.2) is 5.43 Å². The number of amides is 1. The fourth-order valence-corrected chi connectivity index (χ4v) is 1.80. The van der Waals surface area contributed by atoms with E-state index in [4.69, 9.17) is 0 Å². The second-order valence-electron chi connectivity index (χ2n) is 5.81. The summed E-state index contributed by atoms with van der Waals surface area (Å²) in [5.41, 5.74) is 5.36. The van der Waals surface area contributed by atoms with Gasteiger partial charge < -0.3 is 0 Å². The third-order valence-corrected chi connectivity index (χ3v) is 3.10. The van der Waals surface area contributed by atoms with Crippen LogP contribution in [0.1, 0.15) is 42.3 Å². The van der Waals surface area contributed by atoms with Gasteiger partial charge in [0, 0.05) is 18.0 Å². The van der Waals surface area contributed by atoms with E-state index in [2.05, 4.69) is 48.4 Å². The van der Waals surface area contributed by atoms with E-state index < -0.39 is 0 Å². The van der Waals surface area contributed by atoms with Gasteiger partial charge in [0.2, 0.25) is 0 Å². The number of benzene rings is 1. The van der Waals surface area contributed by atoms with Crippen molar-refractivity contribution in [2.45, 2.75) is 26.2 Å². The maximum atomic E-state index is 11.8. The number of aromatic nitrogens is 1. The van der Waals surface area contributed by atoms with Gasteiger partial charge >= 0.3 is 0 Å². The highest BCUT2D eigenvalue weighted by Gasteiger charge is 2.12. The van der Waals surface area contributed by atoms with E-state index in [-0.39, 0.29) is 11.3 Å². The quantitative estimate of drug-likeness (QED) is 0.694. The second-order valence-corrected chi connectivity index (χ2v) is 5.81. The SMILES string of the molecule is CC(C)(C)c1ccc(C=NNC(=O)c2ccncc2)cc1. The maximum absolute atomic E-state index is 11.8. The molecule has 0 aliphatic heterocycles. The van der Waals surface area contributed by atoms with Crippen LogP contribution in [0.15, 0.2) is 53.9 Å². The number of rotatable bonds is 3. The van der Waals surface area contributed by atoms with Gasteiger partial charge in [0.1, 0.15) is 0 Å². The molecule has 1 aromatic heterocycles. The van der Waals surface area contributed by atoms with E-state index in [0.717, 1.165) is 5.56 Å². The Kier molecular flexibility index (Phi) is 4.48. The zero-order valence-electron chi connectivity index (χ0n) is 12.5. The van der Waals surface area contributed by atoms with Crippen molar-refractivity contribution >= 4 is 12.1 Å². The molecule has 0 aliphatic rings. The van der Waals surface area contributed by atoms with Crippen LogP contribution in [0.5, 0.6) is 0 Å². The van der Waals surface area contributed by atoms with E-state index in [1.54, 1.807) is 30.7 Å². The molecule has 21 heavy (non-hydrogen) atoms. The van der Waals surface area contributed by atoms with Crippen molar-refractivity contribution in [2.75, 3.05) is 0 Å². The summed E-state index contributed by atoms with van der Waals surface area (Å²) in [4.78, 5) is 15.6. The molecule has 2 aromatic rings. The van der Waals surface area contributed by atoms with Crippen LogP contribution >= 0.6 is 0 Å². The molecule has 4 nitrogen and oxygen atoms in total. The average Bonchev–Trinajstić information content (AvgIpc) is 2.47. The van der Waals surface area contributed by atoms with Crippen LogP contribution in [0.25, 0.3) is 0 Å². The molecule has 1 heterocycles. The monoisotopic (exact) mass is 281 g/mol. The third kappa shape index (κ3) is 4.24. The summed E-state index contributed by atoms with van der Waals surface area (Å²) in [5, 5.41) is 3.96. The molecule has 0 fully saturated rings. The van der Waals surface area contributed by atoms with Crippen LogP contribution in [-0.2, 0) is 5.41 Å². The second kappa shape index (κ2) is 6.31. The lowest BCUT2D eigenvalue weighted by Crippen LogP contribution is -2.17. The smallest absolute Gasteiger partial charge is 0.267 e. The van der Waals surface area contributed by atoms with Crippen LogP contribution in [0.3, 0.4) is 0 Å². The molecule has 1 N–H and O–H groups in total. The van der Waals surface area contributed by atoms with Gasteiger partial charge in [-0.3, -0.25) is 9.78 Å². The number of carbonyl (C=O) groups excluding carboxylic acids is 1. The zero-order valence-corrected chi connectivity index (χ0v) is 12.5. The van der Waals surface area contributed by atoms with Crippen molar-refractivity contribution in [1.29, 1.82) is 0 Å². The first-order valence-electron chi connectivity index (χ1n) is 6.81. The van der Waals surface area contributed by atoms with Crippen LogP contribution in [-0.4, -0.2) is 17.1 Å². The first-order chi connectivity index (χ1) is 9.97. The molecule has 0 unspecified atom stereocenters. The minimum Gasteiger partial charge on any atom is -0.267 e. The number of hydrazone groups is 1. The van der Waals surface area contributed by atoms with Crippen molar-refractivity contribution in [1.82, 2.24) is 10.4 Å². The maximum Gasteiger partial charge on any atom is 0.271 e. The molecule has 108 valence electrons. The summed E-state index contributed by atoms with van der Waals surface area (Å²) < 4.78 is 0. The Morgan fingerprint density at radius 1 is 1.10 bits per heavy atom. The number of nitrogens with zero attached hydrogens (tertiary/aromatic N) is 2. The predicted molar refractivity (Wildman–Crippen MR) is 84.4 cm³/mol. The Morgan fingerprint density at radius 3 is 2.29 bits per heavy atom. The summed E-state index contributed by atoms with van der Waals surface area (Å²) >= 11 is 0. The Morgan fingerprint density at radius 2 is 1.71 bits per heavy atom. The van der Waals surface area contributed by atoms with Crippen molar-refractivity contribution < 1.29 is 4.79 Å². The minimum atomic E-state index is -0.250. The number of hydrogen-bond donors (Lipinski definition) is 1. The molecule has 1 amide bonds. The predicted octanol–water partition coefficient (Wildman–Crippen LogP) is 3.14. The summed E-state index contributed by atoms with van der Waals surface area (Å²) in [6.45, 7) is 6.51. The van der Waals surface area contributed by atoms with Crippen molar-refractivity contribution in [3.05, 3.63) is 65.5 Å². The molecule has 0 saturated heterocycles. The minimum absolute atomic E-state index is 0.130. The van der Waals surface area contributed by atoms with Crippen LogP contribution < -0.4 is 5.43 Å². The topological polar surface area (TPSA) is 54.4 Å². The fourth-order valence-electron chi connectivity index (χ4n) is 1.80. The number of carbonyl (C=O) groups is 1. The molecular formula is C17H19N3O. The normalized spacial score (nSPS) is 11.6. The van der Waals surface area contributed by atoms with Gasteiger partial charge in [-0.2, -0.15) is 5.10 Å². The van der Waals surface area contributed by atoms with E-state index in [9.17, 15) is 4.79 Å². The zero-order chi connectivity index (χ0) is 15.3. The average molecular weight is 281 g/mol. The molecule has 0 radical (unpaired) electrons. The third-order valence-electron chi connectivity index (χ3n) is 3.10. The van der Waals surface area contributed by atoms with Gasteiger partial charge in [0.05, 0.1) is 6.21 Å². The fraction of sp³-hybridized carbons (Fsp3) is 0.235. The van der Waals surface area contributed by atoms with Gasteiger partial charge in [-0.15, -0.1) is 0 Å². The molecular weight excluding hydrogens is 262 g/mol. The van der Waals surface area contributed by atoms with E-state index in [1.807, 2.05) is 12.1 Å². The Bertz CT molecular complexity index is 625. The van der Waals surface area contributed by atoms with E-state index >= 15 is 0 Å². The number of pyridine rings is 1. The van der Waals surface area contributed by atoms with Crippen molar-refractivity contribution in [3.8, 4) is 0 Å². The highest BCUT2D eigenvalue weighted by Crippen LogP contribution is 2.21. The lowest BCUT2D eigenvalue weighted by atomic mass is 9.87. The molecule has 1 aromatic carbocycles. The molecule has 4 heteroatoms. The lowest BCUT2D eigenvalue weighted by molar-refractivity contribution is 0.0955. The largest absolute Gasteiger partial charge is 0.271 e. The molecule has 0 atom stereocenters. The summed E-state index contributed by atoms with van der Waals surface area (Å²) in [6, 6.07) is 11.4. The standard InChI is InChI=1S/C17H19N3O/c1-17(2,3)15-6-4-13(5-7-15)12-19-20-16(21)14-8-10-18-11-9-14/h4-12H,1-3H3,(H,20,21). The van der Waals surface area contributed by atoms with Crippen LogP contribution in [0.2, 0.25) is 0 Å². The lowest BCUT2D eigenvalue weighted by Gasteiger charge is -2.18. The van der Waals surface area contributed by atoms with Crippen molar-refractivity contribution in [3.63, 3.8) is 0 Å². The summed E-state index contributed by atoms with van der Waals surface area (Å²) in [6.07, 6.45) is 4.78. The van der Waals surface area contributed by atoms with Gasteiger partial charge in [-0.1, -0.05) is 45.0 Å². The first-order valence-corrected chi connectivity index (χ1v) is 6.81. The highest BCUT2D eigenvalue weighted by atomic mass is 16.2. The molecule has 2 rings (SSSR count). The molecule has 0 saturated carbocycles. The van der Waals surface area contributed by atoms with Crippen LogP contribution in [0.4, 0.5) is 0 Å². The summed E-state index contributed by atoms with van der Waals surface area (Å²) in [7, 11) is 0. The summed E-state index contributed by atoms with van der Waals surface area (Å²) in [5.74, 6) is -0.250. The Balaban J connectivity index is 1.97. The molecule has 0 spiro atoms. The van der Waals surface area contributed by atoms with Crippen molar-refractivity contribution in [2.24, 2.45) is 5.10 Å². The van der Waals surface area contributed by atoms with Crippen LogP contribution in [0, 0.1) is 0 Å². The first kappa shape index (κ1) is 14.9. The highest BCUT2D eigenvalue weighted by molar-refractivity contribution is 5.94. The number of hydrogen-bond acceptors (Lipinski definition) is 3. The Labute approximate surface area is 124 Å². The van der Waals surface area contributed by atoms with E-state index in [1.165, 1.54) is 5.56 Å². The number of nitrogens with one attached hydrogen (secondary N) is 1. The molecule has 0 bridgehead atoms. The van der Waals surface area contributed by atoms with Gasteiger partial charge in [0.25, 0.3) is 5.91 Å². The molecule has 0 aliphatic carbocycles. The van der Waals surface area contributed by atoms with Gasteiger partial charge in [-0.05, 0) is 28.7 Å². The van der Waals surface area contributed by atoms with Gasteiger partial charge in [0.15, 0.2) is 0 Å². The Hall–Kier alpha value is -2.49. The van der Waals surface area contributed by atoms with E-state index in [0.29, 0.717) is 5.56 Å².